The number of hydrogen-bond acceptors (Lipinski definition) is 7. The fourth-order valence-electron chi connectivity index (χ4n) is 6.00. The van der Waals surface area contributed by atoms with Crippen LogP contribution in [0.1, 0.15) is 49.8 Å². The Bertz CT molecular complexity index is 1140. The van der Waals surface area contributed by atoms with Crippen LogP contribution < -0.4 is 14.9 Å². The van der Waals surface area contributed by atoms with Crippen molar-refractivity contribution in [3.63, 3.8) is 0 Å². The maximum absolute atomic E-state index is 12.8. The second kappa shape index (κ2) is 8.86. The van der Waals surface area contributed by atoms with Crippen LogP contribution in [0.4, 0.5) is 19.0 Å². The van der Waals surface area contributed by atoms with Crippen molar-refractivity contribution in [3.8, 4) is 0 Å². The van der Waals surface area contributed by atoms with Gasteiger partial charge in [-0.1, -0.05) is 0 Å². The molecular weight excluding hydrogens is 487 g/mol. The van der Waals surface area contributed by atoms with Crippen LogP contribution in [0.2, 0.25) is 0 Å². The molecule has 0 amide bonds. The number of fused-ring (bicyclic) bond motifs is 1. The largest absolute Gasteiger partial charge is 0.393 e. The van der Waals surface area contributed by atoms with E-state index < -0.39 is 22.6 Å². The van der Waals surface area contributed by atoms with E-state index in [-0.39, 0.29) is 16.3 Å². The summed E-state index contributed by atoms with van der Waals surface area (Å²) in [5.74, 6) is 0.750. The predicted octanol–water partition coefficient (Wildman–Crippen LogP) is 3.61. The highest BCUT2D eigenvalue weighted by Crippen LogP contribution is 2.50. The molecule has 0 atom stereocenters. The Morgan fingerprint density at radius 2 is 1.85 bits per heavy atom. The van der Waals surface area contributed by atoms with Gasteiger partial charge in [0.2, 0.25) is 10.0 Å². The van der Waals surface area contributed by atoms with Crippen molar-refractivity contribution in [1.29, 1.82) is 0 Å². The normalized spacial score (nSPS) is 30.2. The van der Waals surface area contributed by atoms with Crippen LogP contribution in [0.25, 0.3) is 10.2 Å². The van der Waals surface area contributed by atoms with Gasteiger partial charge in [-0.15, -0.1) is 11.3 Å². The van der Waals surface area contributed by atoms with Gasteiger partial charge in [-0.2, -0.15) is 13.2 Å². The smallest absolute Gasteiger partial charge is 0.355 e. The minimum atomic E-state index is -4.23. The summed E-state index contributed by atoms with van der Waals surface area (Å²) in [5, 5.41) is 4.49. The van der Waals surface area contributed by atoms with Crippen molar-refractivity contribution in [2.75, 3.05) is 24.2 Å². The Labute approximate surface area is 201 Å². The number of aromatic nitrogens is 2. The molecule has 5 rings (SSSR count). The second-order valence-corrected chi connectivity index (χ2v) is 13.2. The van der Waals surface area contributed by atoms with Crippen LogP contribution in [-0.2, 0) is 16.4 Å². The van der Waals surface area contributed by atoms with E-state index in [9.17, 15) is 21.6 Å². The number of anilines is 1. The highest BCUT2D eigenvalue weighted by atomic mass is 32.2. The highest BCUT2D eigenvalue weighted by Gasteiger charge is 2.49. The molecule has 0 unspecified atom stereocenters. The zero-order valence-corrected chi connectivity index (χ0v) is 20.7. The molecule has 3 aliphatic rings. The quantitative estimate of drug-likeness (QED) is 0.609. The summed E-state index contributed by atoms with van der Waals surface area (Å²) in [6.07, 6.45) is 4.39. The van der Waals surface area contributed by atoms with Gasteiger partial charge in [0, 0.05) is 36.1 Å². The molecule has 2 aromatic heterocycles. The first kappa shape index (κ1) is 24.2. The molecule has 1 aliphatic heterocycles. The van der Waals surface area contributed by atoms with E-state index in [4.69, 9.17) is 0 Å². The molecule has 3 heterocycles. The Kier molecular flexibility index (Phi) is 6.31. The summed E-state index contributed by atoms with van der Waals surface area (Å²) in [4.78, 5) is 11.7. The first-order chi connectivity index (χ1) is 16.0. The molecule has 188 valence electrons. The molecule has 34 heavy (non-hydrogen) atoms. The number of rotatable bonds is 6. The number of sulfonamides is 1. The number of hydrogen-bond donors (Lipinski definition) is 2. The van der Waals surface area contributed by atoms with Crippen molar-refractivity contribution in [1.82, 2.24) is 20.0 Å². The highest BCUT2D eigenvalue weighted by molar-refractivity contribution is 7.88. The van der Waals surface area contributed by atoms with Crippen LogP contribution in [0.15, 0.2) is 12.4 Å². The molecule has 3 fully saturated rings. The lowest BCUT2D eigenvalue weighted by Crippen LogP contribution is -2.54. The van der Waals surface area contributed by atoms with Crippen molar-refractivity contribution < 1.29 is 21.6 Å². The van der Waals surface area contributed by atoms with Gasteiger partial charge in [0.15, 0.2) is 0 Å². The van der Waals surface area contributed by atoms with Gasteiger partial charge in [-0.05, 0) is 56.4 Å². The minimum Gasteiger partial charge on any atom is -0.355 e. The van der Waals surface area contributed by atoms with E-state index in [2.05, 4.69) is 24.9 Å². The van der Waals surface area contributed by atoms with Gasteiger partial charge in [0.1, 0.15) is 17.0 Å². The number of halogens is 3. The van der Waals surface area contributed by atoms with E-state index in [0.717, 1.165) is 80.6 Å². The van der Waals surface area contributed by atoms with Gasteiger partial charge in [0.05, 0.1) is 18.1 Å². The van der Waals surface area contributed by atoms with Gasteiger partial charge in [0.25, 0.3) is 0 Å². The molecule has 0 aromatic carbocycles. The van der Waals surface area contributed by atoms with E-state index in [1.165, 1.54) is 12.6 Å². The van der Waals surface area contributed by atoms with Crippen molar-refractivity contribution in [2.45, 2.75) is 75.7 Å². The number of nitrogens with zero attached hydrogens (tertiary/aromatic N) is 3. The van der Waals surface area contributed by atoms with Crippen molar-refractivity contribution in [2.24, 2.45) is 5.41 Å². The Balaban J connectivity index is 1.15. The number of nitrogens with one attached hydrogen (secondary N) is 2. The lowest BCUT2D eigenvalue weighted by atomic mass is 9.64. The van der Waals surface area contributed by atoms with Crippen LogP contribution >= 0.6 is 11.3 Å². The summed E-state index contributed by atoms with van der Waals surface area (Å²) in [6.45, 7) is 1.72. The van der Waals surface area contributed by atoms with Crippen LogP contribution in [0.5, 0.6) is 0 Å². The summed E-state index contributed by atoms with van der Waals surface area (Å²) >= 11 is 1.09. The van der Waals surface area contributed by atoms with Crippen molar-refractivity contribution in [3.05, 3.63) is 17.3 Å². The zero-order chi connectivity index (χ0) is 24.1. The zero-order valence-electron chi connectivity index (χ0n) is 19.1. The maximum atomic E-state index is 12.8. The molecule has 12 heteroatoms. The van der Waals surface area contributed by atoms with Crippen molar-refractivity contribution >= 4 is 37.4 Å². The molecule has 2 saturated carbocycles. The third-order valence-corrected chi connectivity index (χ3v) is 9.21. The number of thiophene rings is 1. The standard InChI is InChI=1S/C22H30F3N5O2S2/c1-34(31,32)29-15-4-2-14(3-5-15)28-16-9-21(10-16)6-7-30(12-21)19-18-8-17(11-22(23,24)25)33-20(18)27-13-26-19/h8,13-16,28-29H,2-7,9-12H2,1H3/t14-,15+,16?,21?. The Morgan fingerprint density at radius 3 is 2.53 bits per heavy atom. The summed E-state index contributed by atoms with van der Waals surface area (Å²) in [5.41, 5.74) is 0.231. The lowest BCUT2D eigenvalue weighted by molar-refractivity contribution is -0.126. The monoisotopic (exact) mass is 517 g/mol. The molecule has 0 bridgehead atoms. The SMILES string of the molecule is CS(=O)(=O)N[C@H]1CC[C@@H](NC2CC3(CCN(c4ncnc5sc(CC(F)(F)F)cc45)C3)C2)CC1. The van der Waals surface area contributed by atoms with Gasteiger partial charge >= 0.3 is 6.18 Å². The lowest BCUT2D eigenvalue weighted by Gasteiger charge is -2.47. The average molecular weight is 518 g/mol. The molecular formula is C22H30F3N5O2S2. The molecule has 2 aromatic rings. The Hall–Kier alpha value is -1.50. The Morgan fingerprint density at radius 1 is 1.15 bits per heavy atom. The molecule has 7 nitrogen and oxygen atoms in total. The van der Waals surface area contributed by atoms with Gasteiger partial charge < -0.3 is 10.2 Å². The molecule has 0 radical (unpaired) electrons. The van der Waals surface area contributed by atoms with Gasteiger partial charge in [-0.3, -0.25) is 0 Å². The molecule has 1 saturated heterocycles. The molecule has 2 aliphatic carbocycles. The molecule has 1 spiro atoms. The summed E-state index contributed by atoms with van der Waals surface area (Å²) < 4.78 is 64.1. The van der Waals surface area contributed by atoms with E-state index in [1.807, 2.05) is 0 Å². The first-order valence-electron chi connectivity index (χ1n) is 11.8. The first-order valence-corrected chi connectivity index (χ1v) is 14.5. The van der Waals surface area contributed by atoms with Crippen LogP contribution in [0, 0.1) is 5.41 Å². The third-order valence-electron chi connectivity index (χ3n) is 7.41. The molecule has 2 N–H and O–H groups in total. The maximum Gasteiger partial charge on any atom is 0.393 e. The minimum absolute atomic E-state index is 0.0441. The third kappa shape index (κ3) is 5.50. The number of alkyl halides is 3. The summed E-state index contributed by atoms with van der Waals surface area (Å²) in [6, 6.07) is 2.54. The van der Waals surface area contributed by atoms with Crippen LogP contribution in [0.3, 0.4) is 0 Å². The van der Waals surface area contributed by atoms with E-state index in [1.54, 1.807) is 6.07 Å². The van der Waals surface area contributed by atoms with E-state index >= 15 is 0 Å². The fourth-order valence-corrected chi connectivity index (χ4v) is 7.86. The topological polar surface area (TPSA) is 87.2 Å². The van der Waals surface area contributed by atoms with Crippen LogP contribution in [-0.4, -0.2) is 62.0 Å². The van der Waals surface area contributed by atoms with Gasteiger partial charge in [-0.25, -0.2) is 23.1 Å². The predicted molar refractivity (Wildman–Crippen MR) is 127 cm³/mol. The second-order valence-electron chi connectivity index (χ2n) is 10.3. The average Bonchev–Trinajstić information content (AvgIpc) is 3.30. The summed E-state index contributed by atoms with van der Waals surface area (Å²) in [7, 11) is -3.16. The fraction of sp³-hybridized carbons (Fsp3) is 0.727. The van der Waals surface area contributed by atoms with E-state index in [0.29, 0.717) is 16.9 Å².